The Kier molecular flexibility index (Phi) is 21.4. The fourth-order valence-electron chi connectivity index (χ4n) is 1.30. The average molecular weight is 379 g/mol. The number of rotatable bonds is 3. The van der Waals surface area contributed by atoms with Crippen molar-refractivity contribution in [2.24, 2.45) is 5.92 Å². The highest BCUT2D eigenvalue weighted by atomic mass is 16.2. The second-order valence-electron chi connectivity index (χ2n) is 5.67. The van der Waals surface area contributed by atoms with Crippen molar-refractivity contribution in [2.75, 3.05) is 17.6 Å². The third-order valence-corrected chi connectivity index (χ3v) is 2.43. The Morgan fingerprint density at radius 1 is 1.11 bits per heavy atom. The molecule has 27 heavy (non-hydrogen) atoms. The number of amides is 2. The van der Waals surface area contributed by atoms with E-state index in [4.69, 9.17) is 5.73 Å². The lowest BCUT2D eigenvalue weighted by molar-refractivity contribution is -0.136. The monoisotopic (exact) mass is 378 g/mol. The second kappa shape index (κ2) is 19.8. The van der Waals surface area contributed by atoms with Crippen LogP contribution >= 0.6 is 0 Å². The largest absolute Gasteiger partial charge is 0.383 e. The van der Waals surface area contributed by atoms with Gasteiger partial charge in [-0.15, -0.1) is 11.8 Å². The highest BCUT2D eigenvalue weighted by Gasteiger charge is 2.12. The van der Waals surface area contributed by atoms with Crippen molar-refractivity contribution in [3.8, 4) is 11.8 Å². The number of hydrogen-bond donors (Lipinski definition) is 3. The first-order chi connectivity index (χ1) is 12.7. The van der Waals surface area contributed by atoms with Gasteiger partial charge >= 0.3 is 11.8 Å². The van der Waals surface area contributed by atoms with Crippen molar-refractivity contribution in [3.63, 3.8) is 0 Å². The number of nitrogens with one attached hydrogen (secondary N) is 2. The van der Waals surface area contributed by atoms with E-state index in [0.717, 1.165) is 11.5 Å². The van der Waals surface area contributed by atoms with Crippen LogP contribution in [-0.4, -0.2) is 23.3 Å². The molecule has 0 aromatic carbocycles. The zero-order chi connectivity index (χ0) is 21.8. The molecular weight excluding hydrogens is 340 g/mol. The molecule has 1 rings (SSSR count). The topological polar surface area (TPSA) is 97.1 Å². The van der Waals surface area contributed by atoms with Crippen LogP contribution in [0, 0.1) is 17.8 Å². The molecule has 1 heterocycles. The lowest BCUT2D eigenvalue weighted by atomic mass is 10.2. The quantitative estimate of drug-likeness (QED) is 0.546. The Hall–Kier alpha value is -2.55. The first-order valence-corrected chi connectivity index (χ1v) is 9.40. The van der Waals surface area contributed by atoms with Crippen molar-refractivity contribution in [2.45, 2.75) is 68.7 Å². The van der Waals surface area contributed by atoms with Gasteiger partial charge in [-0.3, -0.25) is 9.59 Å². The smallest absolute Gasteiger partial charge is 0.313 e. The number of aromatic nitrogens is 1. The van der Waals surface area contributed by atoms with Gasteiger partial charge in [0.25, 0.3) is 0 Å². The molecule has 6 heteroatoms. The Balaban J connectivity index is -0.000000480. The van der Waals surface area contributed by atoms with Gasteiger partial charge in [-0.2, -0.15) is 0 Å². The van der Waals surface area contributed by atoms with Gasteiger partial charge in [-0.25, -0.2) is 4.98 Å². The van der Waals surface area contributed by atoms with E-state index >= 15 is 0 Å². The predicted octanol–water partition coefficient (Wildman–Crippen LogP) is 4.02. The van der Waals surface area contributed by atoms with Crippen molar-refractivity contribution in [1.29, 1.82) is 0 Å². The Bertz CT molecular complexity index is 579. The number of aryl methyl sites for hydroxylation is 1. The van der Waals surface area contributed by atoms with Gasteiger partial charge in [-0.05, 0) is 44.7 Å². The van der Waals surface area contributed by atoms with Crippen LogP contribution in [0.1, 0.15) is 67.9 Å². The molecule has 6 nitrogen and oxygen atoms in total. The standard InChI is InChI=1S/C11H16N4O2.C4H10.C4H6.C2H6/c1-3-7-5-8(6-14-9(7)12)15-11(17)10(16)13-4-2;1-4(2)3;1-3-4-2;1-2/h5-6H,3-4H2,1-2H3,(H2,12,14)(H,13,16)(H,15,17);4H,1-3H3;1-2H3;1-2H3. The minimum absolute atomic E-state index is 0.409. The lowest BCUT2D eigenvalue weighted by Gasteiger charge is -2.07. The molecule has 1 aromatic heterocycles. The minimum atomic E-state index is -0.708. The zero-order valence-electron chi connectivity index (χ0n) is 18.5. The number of nitrogens with zero attached hydrogens (tertiary/aromatic N) is 1. The van der Waals surface area contributed by atoms with Gasteiger partial charge in [0.1, 0.15) is 5.82 Å². The summed E-state index contributed by atoms with van der Waals surface area (Å²) in [6, 6.07) is 1.71. The summed E-state index contributed by atoms with van der Waals surface area (Å²) in [5, 5.41) is 4.87. The normalized spacial score (nSPS) is 8.22. The number of hydrogen-bond acceptors (Lipinski definition) is 4. The first kappa shape index (κ1) is 29.2. The van der Waals surface area contributed by atoms with E-state index < -0.39 is 11.8 Å². The van der Waals surface area contributed by atoms with E-state index in [0.29, 0.717) is 24.5 Å². The summed E-state index contributed by atoms with van der Waals surface area (Å²) in [6.45, 7) is 18.2. The van der Waals surface area contributed by atoms with Gasteiger partial charge in [0.15, 0.2) is 0 Å². The number of carbonyl (C=O) groups is 2. The Morgan fingerprint density at radius 3 is 1.96 bits per heavy atom. The molecule has 0 aliphatic heterocycles. The second-order valence-corrected chi connectivity index (χ2v) is 5.67. The van der Waals surface area contributed by atoms with Crippen molar-refractivity contribution >= 4 is 23.3 Å². The van der Waals surface area contributed by atoms with Gasteiger partial charge in [-0.1, -0.05) is 41.5 Å². The van der Waals surface area contributed by atoms with Crippen LogP contribution in [0.2, 0.25) is 0 Å². The van der Waals surface area contributed by atoms with E-state index in [1.807, 2.05) is 34.6 Å². The van der Waals surface area contributed by atoms with E-state index in [9.17, 15) is 9.59 Å². The molecule has 0 saturated heterocycles. The van der Waals surface area contributed by atoms with Crippen molar-refractivity contribution in [1.82, 2.24) is 10.3 Å². The average Bonchev–Trinajstić information content (AvgIpc) is 2.64. The summed E-state index contributed by atoms with van der Waals surface area (Å²) in [5.74, 6) is 5.26. The molecule has 154 valence electrons. The summed E-state index contributed by atoms with van der Waals surface area (Å²) in [4.78, 5) is 26.5. The molecule has 0 bridgehead atoms. The molecule has 0 saturated carbocycles. The maximum Gasteiger partial charge on any atom is 0.313 e. The number of pyridine rings is 1. The first-order valence-electron chi connectivity index (χ1n) is 9.40. The highest BCUT2D eigenvalue weighted by molar-refractivity contribution is 6.39. The summed E-state index contributed by atoms with van der Waals surface area (Å²) in [7, 11) is 0. The summed E-state index contributed by atoms with van der Waals surface area (Å²) in [6.07, 6.45) is 2.13. The molecule has 2 amide bonds. The molecule has 0 spiro atoms. The molecule has 0 atom stereocenters. The number of carbonyl (C=O) groups excluding carboxylic acids is 2. The summed E-state index contributed by atoms with van der Waals surface area (Å²) in [5.41, 5.74) is 6.93. The maximum absolute atomic E-state index is 11.4. The van der Waals surface area contributed by atoms with E-state index in [-0.39, 0.29) is 0 Å². The lowest BCUT2D eigenvalue weighted by Crippen LogP contribution is -2.35. The summed E-state index contributed by atoms with van der Waals surface area (Å²) < 4.78 is 0. The number of anilines is 2. The van der Waals surface area contributed by atoms with Crippen LogP contribution in [0.15, 0.2) is 12.3 Å². The van der Waals surface area contributed by atoms with Gasteiger partial charge in [0.2, 0.25) is 0 Å². The van der Waals surface area contributed by atoms with Gasteiger partial charge in [0, 0.05) is 6.54 Å². The van der Waals surface area contributed by atoms with Crippen LogP contribution < -0.4 is 16.4 Å². The molecule has 1 aromatic rings. The molecule has 4 N–H and O–H groups in total. The van der Waals surface area contributed by atoms with E-state index in [2.05, 4.69) is 48.2 Å². The Labute approximate surface area is 165 Å². The number of nitrogen functional groups attached to an aromatic ring is 1. The molecule has 0 unspecified atom stereocenters. The van der Waals surface area contributed by atoms with E-state index in [1.54, 1.807) is 13.0 Å². The van der Waals surface area contributed by atoms with Crippen LogP contribution in [-0.2, 0) is 16.0 Å². The van der Waals surface area contributed by atoms with Crippen LogP contribution in [0.3, 0.4) is 0 Å². The zero-order valence-corrected chi connectivity index (χ0v) is 18.5. The third-order valence-electron chi connectivity index (χ3n) is 2.43. The minimum Gasteiger partial charge on any atom is -0.383 e. The molecule has 0 aliphatic carbocycles. The Morgan fingerprint density at radius 2 is 1.59 bits per heavy atom. The van der Waals surface area contributed by atoms with Crippen molar-refractivity contribution in [3.05, 3.63) is 17.8 Å². The maximum atomic E-state index is 11.4. The molecular formula is C21H38N4O2. The third kappa shape index (κ3) is 18.0. The fraction of sp³-hybridized carbons (Fsp3) is 0.571. The number of nitrogens with two attached hydrogens (primary N) is 1. The van der Waals surface area contributed by atoms with Crippen molar-refractivity contribution < 1.29 is 9.59 Å². The van der Waals surface area contributed by atoms with Crippen LogP contribution in [0.25, 0.3) is 0 Å². The molecule has 0 aliphatic rings. The molecule has 0 fully saturated rings. The highest BCUT2D eigenvalue weighted by Crippen LogP contribution is 2.14. The SMILES string of the molecule is CC.CC#CC.CC(C)C.CCNC(=O)C(=O)Nc1cnc(N)c(CC)c1. The predicted molar refractivity (Wildman–Crippen MR) is 116 cm³/mol. The molecule has 0 radical (unpaired) electrons. The fourth-order valence-corrected chi connectivity index (χ4v) is 1.30. The van der Waals surface area contributed by atoms with Gasteiger partial charge < -0.3 is 16.4 Å². The number of likely N-dealkylation sites (N-methyl/N-ethyl adjacent to an activating group) is 1. The van der Waals surface area contributed by atoms with E-state index in [1.165, 1.54) is 6.20 Å². The van der Waals surface area contributed by atoms with Crippen LogP contribution in [0.5, 0.6) is 0 Å². The summed E-state index contributed by atoms with van der Waals surface area (Å²) >= 11 is 0. The van der Waals surface area contributed by atoms with Crippen LogP contribution in [0.4, 0.5) is 11.5 Å². The van der Waals surface area contributed by atoms with Gasteiger partial charge in [0.05, 0.1) is 11.9 Å².